The molecule has 7 heteroatoms. The minimum absolute atomic E-state index is 0.143. The molecule has 0 heterocycles. The average Bonchev–Trinajstić information content (AvgIpc) is 2.53. The van der Waals surface area contributed by atoms with Crippen LogP contribution in [0.4, 0.5) is 13.2 Å². The number of methoxy groups -OCH3 is 1. The summed E-state index contributed by atoms with van der Waals surface area (Å²) in [6.45, 7) is 2.89. The highest BCUT2D eigenvalue weighted by Gasteiger charge is 2.64. The molecule has 0 amide bonds. The third-order valence-corrected chi connectivity index (χ3v) is 4.14. The number of ether oxygens (including phenoxy) is 1. The van der Waals surface area contributed by atoms with Crippen LogP contribution in [0.15, 0.2) is 36.4 Å². The molecule has 1 unspecified atom stereocenters. The van der Waals surface area contributed by atoms with E-state index in [0.29, 0.717) is 0 Å². The number of esters is 1. The number of carbonyl (C=O) groups excluding carboxylic acids is 1. The molecule has 2 aromatic rings. The SMILES string of the molecule is COC(=O)C(c1ccc(O)cc1)(c1cc(C)c(O)c(C)c1)C(F)(F)F. The van der Waals surface area contributed by atoms with Crippen LogP contribution in [0.1, 0.15) is 22.3 Å². The fourth-order valence-corrected chi connectivity index (χ4v) is 2.88. The standard InChI is InChI=1S/C18H17F3O4/c1-10-8-13(9-11(2)15(10)23)17(16(24)25-3,18(19,20)21)12-4-6-14(22)7-5-12/h4-9,22-23H,1-3H3. The predicted octanol–water partition coefficient (Wildman–Crippen LogP) is 3.74. The molecule has 0 aliphatic rings. The van der Waals surface area contributed by atoms with E-state index in [4.69, 9.17) is 0 Å². The van der Waals surface area contributed by atoms with Crippen LogP contribution in [0, 0.1) is 13.8 Å². The second kappa shape index (κ2) is 6.31. The van der Waals surface area contributed by atoms with E-state index in [1.807, 2.05) is 0 Å². The van der Waals surface area contributed by atoms with Crippen molar-refractivity contribution < 1.29 is 32.9 Å². The quantitative estimate of drug-likeness (QED) is 0.824. The first-order chi connectivity index (χ1) is 11.6. The fourth-order valence-electron chi connectivity index (χ4n) is 2.88. The second-order valence-corrected chi connectivity index (χ2v) is 5.74. The van der Waals surface area contributed by atoms with Crippen molar-refractivity contribution in [3.8, 4) is 11.5 Å². The monoisotopic (exact) mass is 354 g/mol. The van der Waals surface area contributed by atoms with Crippen LogP contribution in [-0.2, 0) is 14.9 Å². The van der Waals surface area contributed by atoms with Gasteiger partial charge in [-0.1, -0.05) is 24.3 Å². The summed E-state index contributed by atoms with van der Waals surface area (Å²) in [5.74, 6) is -1.88. The maximum Gasteiger partial charge on any atom is 0.412 e. The summed E-state index contributed by atoms with van der Waals surface area (Å²) in [6, 6.07) is 6.41. The van der Waals surface area contributed by atoms with Crippen LogP contribution >= 0.6 is 0 Å². The normalized spacial score (nSPS) is 14.0. The first kappa shape index (κ1) is 18.6. The molecule has 2 rings (SSSR count). The zero-order valence-electron chi connectivity index (χ0n) is 13.8. The van der Waals surface area contributed by atoms with Crippen molar-refractivity contribution in [2.75, 3.05) is 7.11 Å². The molecule has 0 fully saturated rings. The summed E-state index contributed by atoms with van der Waals surface area (Å²) >= 11 is 0. The minimum atomic E-state index is -5.02. The smallest absolute Gasteiger partial charge is 0.412 e. The van der Waals surface area contributed by atoms with Crippen molar-refractivity contribution in [2.45, 2.75) is 25.4 Å². The number of halogens is 3. The molecule has 25 heavy (non-hydrogen) atoms. The van der Waals surface area contributed by atoms with E-state index in [-0.39, 0.29) is 28.2 Å². The average molecular weight is 354 g/mol. The van der Waals surface area contributed by atoms with Crippen LogP contribution in [-0.4, -0.2) is 29.5 Å². The van der Waals surface area contributed by atoms with Gasteiger partial charge in [-0.3, -0.25) is 4.79 Å². The molecule has 0 saturated heterocycles. The molecule has 0 aliphatic carbocycles. The van der Waals surface area contributed by atoms with Gasteiger partial charge in [-0.15, -0.1) is 0 Å². The zero-order valence-corrected chi connectivity index (χ0v) is 13.8. The van der Waals surface area contributed by atoms with Crippen LogP contribution in [0.25, 0.3) is 0 Å². The molecule has 1 atom stereocenters. The van der Waals surface area contributed by atoms with Gasteiger partial charge in [-0.2, -0.15) is 13.2 Å². The first-order valence-electron chi connectivity index (χ1n) is 7.31. The van der Waals surface area contributed by atoms with Gasteiger partial charge in [0.15, 0.2) is 0 Å². The van der Waals surface area contributed by atoms with Gasteiger partial charge in [0.2, 0.25) is 5.41 Å². The molecule has 4 nitrogen and oxygen atoms in total. The van der Waals surface area contributed by atoms with Crippen molar-refractivity contribution in [1.29, 1.82) is 0 Å². The number of alkyl halides is 3. The highest BCUT2D eigenvalue weighted by Crippen LogP contribution is 2.48. The number of aromatic hydroxyl groups is 2. The van der Waals surface area contributed by atoms with E-state index in [1.54, 1.807) is 0 Å². The summed E-state index contributed by atoms with van der Waals surface area (Å²) in [5.41, 5.74) is -3.45. The van der Waals surface area contributed by atoms with Gasteiger partial charge in [0, 0.05) is 0 Å². The molecule has 2 N–H and O–H groups in total. The number of carbonyl (C=O) groups is 1. The summed E-state index contributed by atoms with van der Waals surface area (Å²) in [5, 5.41) is 19.3. The molecule has 0 radical (unpaired) electrons. The molecular formula is C18H17F3O4. The van der Waals surface area contributed by atoms with Gasteiger partial charge in [-0.05, 0) is 48.2 Å². The van der Waals surface area contributed by atoms with E-state index in [2.05, 4.69) is 4.74 Å². The molecular weight excluding hydrogens is 337 g/mol. The lowest BCUT2D eigenvalue weighted by atomic mass is 9.72. The predicted molar refractivity (Wildman–Crippen MR) is 84.5 cm³/mol. The Morgan fingerprint density at radius 2 is 1.44 bits per heavy atom. The lowest BCUT2D eigenvalue weighted by Gasteiger charge is -2.34. The van der Waals surface area contributed by atoms with Gasteiger partial charge >= 0.3 is 12.1 Å². The number of phenols is 2. The van der Waals surface area contributed by atoms with Crippen LogP contribution in [0.2, 0.25) is 0 Å². The Balaban J connectivity index is 2.93. The third-order valence-electron chi connectivity index (χ3n) is 4.14. The van der Waals surface area contributed by atoms with Crippen LogP contribution in [0.5, 0.6) is 11.5 Å². The first-order valence-corrected chi connectivity index (χ1v) is 7.31. The molecule has 0 aliphatic heterocycles. The number of rotatable bonds is 3. The molecule has 134 valence electrons. The Morgan fingerprint density at radius 3 is 1.84 bits per heavy atom. The minimum Gasteiger partial charge on any atom is -0.508 e. The number of benzene rings is 2. The summed E-state index contributed by atoms with van der Waals surface area (Å²) < 4.78 is 47.2. The van der Waals surface area contributed by atoms with E-state index in [1.165, 1.54) is 13.8 Å². The molecule has 0 spiro atoms. The van der Waals surface area contributed by atoms with Gasteiger partial charge in [-0.25, -0.2) is 0 Å². The van der Waals surface area contributed by atoms with Crippen molar-refractivity contribution in [3.05, 3.63) is 58.7 Å². The summed E-state index contributed by atoms with van der Waals surface area (Å²) in [7, 11) is 0.878. The number of hydrogen-bond acceptors (Lipinski definition) is 4. The fraction of sp³-hybridized carbons (Fsp3) is 0.278. The van der Waals surface area contributed by atoms with E-state index >= 15 is 0 Å². The molecule has 0 bridgehead atoms. The van der Waals surface area contributed by atoms with Gasteiger partial charge in [0.25, 0.3) is 0 Å². The molecule has 2 aromatic carbocycles. The third kappa shape index (κ3) is 2.90. The largest absolute Gasteiger partial charge is 0.508 e. The Morgan fingerprint density at radius 1 is 0.960 bits per heavy atom. The lowest BCUT2D eigenvalue weighted by Crippen LogP contribution is -2.51. The number of aryl methyl sites for hydroxylation is 2. The van der Waals surface area contributed by atoms with Crippen molar-refractivity contribution in [1.82, 2.24) is 0 Å². The molecule has 0 aromatic heterocycles. The van der Waals surface area contributed by atoms with Gasteiger partial charge in [0.1, 0.15) is 11.5 Å². The molecule has 0 saturated carbocycles. The van der Waals surface area contributed by atoms with Gasteiger partial charge < -0.3 is 14.9 Å². The van der Waals surface area contributed by atoms with E-state index in [0.717, 1.165) is 43.5 Å². The lowest BCUT2D eigenvalue weighted by molar-refractivity contribution is -0.198. The Hall–Kier alpha value is -2.70. The highest BCUT2D eigenvalue weighted by atomic mass is 19.4. The Bertz CT molecular complexity index is 774. The van der Waals surface area contributed by atoms with Gasteiger partial charge in [0.05, 0.1) is 7.11 Å². The summed E-state index contributed by atoms with van der Waals surface area (Å²) in [6.07, 6.45) is -5.02. The Labute approximate surface area is 142 Å². The number of hydrogen-bond donors (Lipinski definition) is 2. The maximum atomic E-state index is 14.2. The Kier molecular flexibility index (Phi) is 4.70. The van der Waals surface area contributed by atoms with E-state index in [9.17, 15) is 28.2 Å². The zero-order chi connectivity index (χ0) is 19.0. The van der Waals surface area contributed by atoms with Crippen molar-refractivity contribution in [3.63, 3.8) is 0 Å². The van der Waals surface area contributed by atoms with Crippen LogP contribution in [0.3, 0.4) is 0 Å². The van der Waals surface area contributed by atoms with Crippen LogP contribution < -0.4 is 0 Å². The number of phenolic OH excluding ortho intramolecular Hbond substituents is 2. The summed E-state index contributed by atoms with van der Waals surface area (Å²) in [4.78, 5) is 12.4. The highest BCUT2D eigenvalue weighted by molar-refractivity contribution is 5.89. The second-order valence-electron chi connectivity index (χ2n) is 5.74. The maximum absolute atomic E-state index is 14.2. The topological polar surface area (TPSA) is 66.8 Å². The van der Waals surface area contributed by atoms with Crippen molar-refractivity contribution >= 4 is 5.97 Å². The van der Waals surface area contributed by atoms with E-state index < -0.39 is 23.1 Å². The van der Waals surface area contributed by atoms with Crippen molar-refractivity contribution in [2.24, 2.45) is 0 Å².